The summed E-state index contributed by atoms with van der Waals surface area (Å²) >= 11 is 0. The smallest absolute Gasteiger partial charge is 0.133 e. The quantitative estimate of drug-likeness (QED) is 0.484. The van der Waals surface area contributed by atoms with Gasteiger partial charge in [0.25, 0.3) is 0 Å². The molecule has 0 heterocycles. The second kappa shape index (κ2) is 11.5. The van der Waals surface area contributed by atoms with Crippen LogP contribution < -0.4 is 0 Å². The lowest BCUT2D eigenvalue weighted by atomic mass is 10.0. The van der Waals surface area contributed by atoms with Crippen molar-refractivity contribution in [3.63, 3.8) is 0 Å². The minimum Gasteiger partial charge on any atom is -0.385 e. The van der Waals surface area contributed by atoms with Gasteiger partial charge in [0.05, 0.1) is 0 Å². The van der Waals surface area contributed by atoms with E-state index in [0.29, 0.717) is 19.4 Å². The molecule has 0 aliphatic carbocycles. The van der Waals surface area contributed by atoms with Crippen molar-refractivity contribution in [1.29, 1.82) is 0 Å². The summed E-state index contributed by atoms with van der Waals surface area (Å²) in [7, 11) is 1.58. The molecule has 0 spiro atoms. The zero-order valence-corrected chi connectivity index (χ0v) is 12.4. The standard InChI is InChI=1S/C15H24O5/c1-12(16)5-6-14(18)9-10-15(19)8-7-13(17)4-3-11-20-2/h3-11H2,1-2H3. The van der Waals surface area contributed by atoms with Gasteiger partial charge in [0.2, 0.25) is 0 Å². The molecule has 0 aliphatic rings. The third-order valence-corrected chi connectivity index (χ3v) is 2.93. The van der Waals surface area contributed by atoms with Crippen LogP contribution in [0.2, 0.25) is 0 Å². The van der Waals surface area contributed by atoms with Crippen LogP contribution >= 0.6 is 0 Å². The fraction of sp³-hybridized carbons (Fsp3) is 0.733. The Labute approximate surface area is 120 Å². The molecule has 0 aliphatic heterocycles. The Balaban J connectivity index is 3.65. The van der Waals surface area contributed by atoms with E-state index in [1.807, 2.05) is 0 Å². The van der Waals surface area contributed by atoms with Crippen molar-refractivity contribution in [3.05, 3.63) is 0 Å². The van der Waals surface area contributed by atoms with Crippen LogP contribution in [-0.4, -0.2) is 36.8 Å². The Morgan fingerprint density at radius 3 is 1.50 bits per heavy atom. The lowest BCUT2D eigenvalue weighted by Crippen LogP contribution is -2.08. The van der Waals surface area contributed by atoms with Crippen LogP contribution in [0, 0.1) is 0 Å². The molecule has 20 heavy (non-hydrogen) atoms. The maximum absolute atomic E-state index is 11.5. The van der Waals surface area contributed by atoms with E-state index in [2.05, 4.69) is 0 Å². The van der Waals surface area contributed by atoms with E-state index in [0.717, 1.165) is 0 Å². The number of carbonyl (C=O) groups excluding carboxylic acids is 4. The van der Waals surface area contributed by atoms with E-state index >= 15 is 0 Å². The predicted octanol–water partition coefficient (Wildman–Crippen LogP) is 2.05. The number of methoxy groups -OCH3 is 1. The molecule has 0 radical (unpaired) electrons. The molecule has 0 aromatic carbocycles. The van der Waals surface area contributed by atoms with Gasteiger partial charge in [-0.25, -0.2) is 0 Å². The van der Waals surface area contributed by atoms with Crippen molar-refractivity contribution in [2.45, 2.75) is 58.3 Å². The van der Waals surface area contributed by atoms with Crippen molar-refractivity contribution in [1.82, 2.24) is 0 Å². The third-order valence-electron chi connectivity index (χ3n) is 2.93. The first-order chi connectivity index (χ1) is 9.45. The first kappa shape index (κ1) is 18.6. The number of Topliss-reactive ketones (excluding diaryl/α,β-unsaturated/α-hetero) is 4. The van der Waals surface area contributed by atoms with Crippen LogP contribution in [0.15, 0.2) is 0 Å². The fourth-order valence-electron chi connectivity index (χ4n) is 1.66. The number of hydrogen-bond donors (Lipinski definition) is 0. The molecule has 0 bridgehead atoms. The Hall–Kier alpha value is -1.36. The zero-order valence-electron chi connectivity index (χ0n) is 12.4. The highest BCUT2D eigenvalue weighted by atomic mass is 16.5. The van der Waals surface area contributed by atoms with Gasteiger partial charge in [-0.1, -0.05) is 0 Å². The molecule has 0 N–H and O–H groups in total. The minimum atomic E-state index is -0.0695. The lowest BCUT2D eigenvalue weighted by molar-refractivity contribution is -0.126. The molecular weight excluding hydrogens is 260 g/mol. The fourth-order valence-corrected chi connectivity index (χ4v) is 1.66. The van der Waals surface area contributed by atoms with E-state index in [1.54, 1.807) is 7.11 Å². The molecule has 0 fully saturated rings. The van der Waals surface area contributed by atoms with E-state index in [1.165, 1.54) is 6.92 Å². The van der Waals surface area contributed by atoms with Crippen LogP contribution in [0.3, 0.4) is 0 Å². The van der Waals surface area contributed by atoms with E-state index < -0.39 is 0 Å². The van der Waals surface area contributed by atoms with Gasteiger partial charge in [-0.15, -0.1) is 0 Å². The van der Waals surface area contributed by atoms with E-state index in [4.69, 9.17) is 4.74 Å². The zero-order chi connectivity index (χ0) is 15.4. The summed E-state index contributed by atoms with van der Waals surface area (Å²) in [6, 6.07) is 0. The molecule has 0 amide bonds. The Kier molecular flexibility index (Phi) is 10.7. The summed E-state index contributed by atoms with van der Waals surface area (Å²) in [5.74, 6) is -0.106. The molecule has 0 atom stereocenters. The molecule has 0 saturated heterocycles. The van der Waals surface area contributed by atoms with Gasteiger partial charge >= 0.3 is 0 Å². The van der Waals surface area contributed by atoms with Crippen LogP contribution in [-0.2, 0) is 23.9 Å². The van der Waals surface area contributed by atoms with Crippen LogP contribution in [0.25, 0.3) is 0 Å². The molecule has 5 heteroatoms. The van der Waals surface area contributed by atoms with Crippen molar-refractivity contribution in [2.24, 2.45) is 0 Å². The van der Waals surface area contributed by atoms with Gasteiger partial charge in [0, 0.05) is 58.7 Å². The molecular formula is C15H24O5. The van der Waals surface area contributed by atoms with Gasteiger partial charge in [-0.2, -0.15) is 0 Å². The third kappa shape index (κ3) is 11.7. The van der Waals surface area contributed by atoms with E-state index in [-0.39, 0.29) is 61.7 Å². The van der Waals surface area contributed by atoms with Crippen molar-refractivity contribution in [3.8, 4) is 0 Å². The highest BCUT2D eigenvalue weighted by molar-refractivity contribution is 5.90. The molecule has 114 valence electrons. The number of ketones is 4. The number of rotatable bonds is 13. The van der Waals surface area contributed by atoms with Crippen molar-refractivity contribution in [2.75, 3.05) is 13.7 Å². The minimum absolute atomic E-state index is 0.0219. The van der Waals surface area contributed by atoms with Gasteiger partial charge in [-0.05, 0) is 13.3 Å². The lowest BCUT2D eigenvalue weighted by Gasteiger charge is -2.01. The second-order valence-electron chi connectivity index (χ2n) is 4.91. The molecule has 0 saturated carbocycles. The Morgan fingerprint density at radius 2 is 1.10 bits per heavy atom. The van der Waals surface area contributed by atoms with Crippen LogP contribution in [0.5, 0.6) is 0 Å². The summed E-state index contributed by atoms with van der Waals surface area (Å²) in [5, 5.41) is 0. The van der Waals surface area contributed by atoms with Gasteiger partial charge < -0.3 is 9.53 Å². The van der Waals surface area contributed by atoms with Crippen LogP contribution in [0.4, 0.5) is 0 Å². The molecule has 0 aromatic rings. The normalized spacial score (nSPS) is 10.3. The van der Waals surface area contributed by atoms with Gasteiger partial charge in [0.15, 0.2) is 0 Å². The van der Waals surface area contributed by atoms with E-state index in [9.17, 15) is 19.2 Å². The summed E-state index contributed by atoms with van der Waals surface area (Å²) in [5.41, 5.74) is 0. The largest absolute Gasteiger partial charge is 0.385 e. The first-order valence-electron chi connectivity index (χ1n) is 6.99. The number of ether oxygens (including phenoxy) is 1. The second-order valence-corrected chi connectivity index (χ2v) is 4.91. The number of hydrogen-bond acceptors (Lipinski definition) is 5. The summed E-state index contributed by atoms with van der Waals surface area (Å²) in [6.07, 6.45) is 2.33. The average molecular weight is 284 g/mol. The molecule has 0 aromatic heterocycles. The van der Waals surface area contributed by atoms with Crippen molar-refractivity contribution < 1.29 is 23.9 Å². The molecule has 0 rings (SSSR count). The summed E-state index contributed by atoms with van der Waals surface area (Å²) in [4.78, 5) is 45.0. The number of carbonyl (C=O) groups is 4. The highest BCUT2D eigenvalue weighted by Gasteiger charge is 2.10. The highest BCUT2D eigenvalue weighted by Crippen LogP contribution is 2.05. The Bertz CT molecular complexity index is 346. The molecule has 5 nitrogen and oxygen atoms in total. The van der Waals surface area contributed by atoms with Gasteiger partial charge in [0.1, 0.15) is 23.1 Å². The topological polar surface area (TPSA) is 77.5 Å². The average Bonchev–Trinajstić information content (AvgIpc) is 2.40. The molecule has 0 unspecified atom stereocenters. The SMILES string of the molecule is COCCCC(=O)CCC(=O)CCC(=O)CCC(C)=O. The summed E-state index contributed by atoms with van der Waals surface area (Å²) in [6.45, 7) is 1.98. The maximum Gasteiger partial charge on any atom is 0.133 e. The van der Waals surface area contributed by atoms with Crippen LogP contribution in [0.1, 0.15) is 58.3 Å². The van der Waals surface area contributed by atoms with Gasteiger partial charge in [-0.3, -0.25) is 14.4 Å². The predicted molar refractivity (Wildman–Crippen MR) is 74.5 cm³/mol. The monoisotopic (exact) mass is 284 g/mol. The first-order valence-corrected chi connectivity index (χ1v) is 6.99. The van der Waals surface area contributed by atoms with Crippen molar-refractivity contribution >= 4 is 23.1 Å². The Morgan fingerprint density at radius 1 is 0.700 bits per heavy atom. The maximum atomic E-state index is 11.5. The summed E-state index contributed by atoms with van der Waals surface area (Å²) < 4.78 is 4.84.